The van der Waals surface area contributed by atoms with Gasteiger partial charge in [0.15, 0.2) is 0 Å². The van der Waals surface area contributed by atoms with Gasteiger partial charge in [0.05, 0.1) is 22.3 Å². The number of hydrogen-bond donors (Lipinski definition) is 1. The van der Waals surface area contributed by atoms with E-state index in [2.05, 4.69) is 156 Å². The number of aryl methyl sites for hydroxylation is 2. The number of imidazole rings is 1. The van der Waals surface area contributed by atoms with Crippen LogP contribution in [0.4, 0.5) is 0 Å². The maximum atomic E-state index is 11.8. The van der Waals surface area contributed by atoms with Gasteiger partial charge in [-0.1, -0.05) is 151 Å². The number of phenols is 1. The number of benzene rings is 6. The molecule has 2 heterocycles. The van der Waals surface area contributed by atoms with E-state index < -0.39 is 5.89 Å². The second-order valence-electron chi connectivity index (χ2n) is 18.2. The number of para-hydroxylation sites is 1. The summed E-state index contributed by atoms with van der Waals surface area (Å²) in [4.78, 5) is 10.4. The normalized spacial score (nSPS) is 12.3. The molecule has 0 atom stereocenters. The number of nitrogens with zero attached hydrogens (tertiary/aromatic N) is 3. The van der Waals surface area contributed by atoms with Crippen LogP contribution in [0.15, 0.2) is 134 Å². The minimum absolute atomic E-state index is 0. The first-order valence-corrected chi connectivity index (χ1v) is 20.5. The van der Waals surface area contributed by atoms with Crippen molar-refractivity contribution >= 4 is 11.0 Å². The largest absolute Gasteiger partial charge is 0.507 e. The zero-order valence-electron chi connectivity index (χ0n) is 37.3. The Morgan fingerprint density at radius 3 is 2.03 bits per heavy atom. The van der Waals surface area contributed by atoms with Gasteiger partial charge < -0.3 is 5.11 Å². The Morgan fingerprint density at radius 2 is 1.35 bits per heavy atom. The summed E-state index contributed by atoms with van der Waals surface area (Å²) in [6.07, 6.45) is 1.87. The molecule has 0 saturated carbocycles. The van der Waals surface area contributed by atoms with Crippen LogP contribution in [-0.4, -0.2) is 19.6 Å². The Kier molecular flexibility index (Phi) is 11.3. The van der Waals surface area contributed by atoms with Crippen molar-refractivity contribution in [2.75, 3.05) is 0 Å². The predicted octanol–water partition coefficient (Wildman–Crippen LogP) is 14.6. The molecular weight excluding hydrogens is 914 g/mol. The molecule has 0 spiro atoms. The van der Waals surface area contributed by atoms with E-state index in [1.165, 1.54) is 5.56 Å². The Balaban J connectivity index is 0.00000561. The molecule has 0 bridgehead atoms. The summed E-state index contributed by atoms with van der Waals surface area (Å²) in [5.41, 5.74) is 16.3. The third-order valence-corrected chi connectivity index (χ3v) is 11.4. The quantitative estimate of drug-likeness (QED) is 0.162. The van der Waals surface area contributed by atoms with Gasteiger partial charge in [0.25, 0.3) is 0 Å². The Morgan fingerprint density at radius 1 is 0.650 bits per heavy atom. The topological polar surface area (TPSA) is 50.9 Å². The summed E-state index contributed by atoms with van der Waals surface area (Å²) in [5.74, 6) is 0.225. The standard InChI is InChI=1S/C55H54N3O.Pt/c1-34(2)37-19-21-38(22-20-37)40-25-26-56-48(32-40)42-29-41(30-44(31-42)55(8,9)10)45-17-14-18-50-51(45)57-53(47-28-35(3)27-36(4)52(47)59)58(50)49-24-23-43(54(5,6)7)33-46(49)39-15-12-11-13-16-39;/h11-28,30-34,59H,1-10H3;/q-1;/i34D;. The van der Waals surface area contributed by atoms with Gasteiger partial charge in [0.1, 0.15) is 11.6 Å². The molecule has 5 heteroatoms. The Bertz CT molecular complexity index is 2890. The minimum Gasteiger partial charge on any atom is -0.507 e. The molecule has 0 aliphatic rings. The van der Waals surface area contributed by atoms with Gasteiger partial charge in [-0.25, -0.2) is 4.98 Å². The van der Waals surface area contributed by atoms with E-state index in [1.54, 1.807) is 0 Å². The third kappa shape index (κ3) is 8.28. The molecule has 8 aromatic rings. The molecule has 8 rings (SSSR count). The van der Waals surface area contributed by atoms with Crippen LogP contribution in [-0.2, 0) is 31.9 Å². The van der Waals surface area contributed by atoms with Crippen molar-refractivity contribution in [2.24, 2.45) is 0 Å². The summed E-state index contributed by atoms with van der Waals surface area (Å²) in [7, 11) is 0. The number of hydrogen-bond acceptors (Lipinski definition) is 3. The number of phenolic OH excluding ortho intramolecular Hbond substituents is 1. The van der Waals surface area contributed by atoms with Gasteiger partial charge in [-0.15, -0.1) is 29.3 Å². The molecule has 2 aromatic heterocycles. The molecule has 0 amide bonds. The maximum absolute atomic E-state index is 11.8. The van der Waals surface area contributed by atoms with Crippen molar-refractivity contribution in [3.05, 3.63) is 167 Å². The summed E-state index contributed by atoms with van der Waals surface area (Å²) in [6.45, 7) is 21.3. The molecule has 0 unspecified atom stereocenters. The molecule has 0 saturated heterocycles. The van der Waals surface area contributed by atoms with Crippen molar-refractivity contribution in [1.82, 2.24) is 14.5 Å². The van der Waals surface area contributed by atoms with E-state index >= 15 is 0 Å². The van der Waals surface area contributed by atoms with E-state index in [4.69, 9.17) is 11.3 Å². The third-order valence-electron chi connectivity index (χ3n) is 11.4. The zero-order valence-corrected chi connectivity index (χ0v) is 38.6. The second kappa shape index (κ2) is 16.5. The smallest absolute Gasteiger partial charge is 0.148 e. The van der Waals surface area contributed by atoms with Gasteiger partial charge in [-0.3, -0.25) is 9.55 Å². The second-order valence-corrected chi connectivity index (χ2v) is 18.2. The van der Waals surface area contributed by atoms with Crippen molar-refractivity contribution in [3.63, 3.8) is 0 Å². The van der Waals surface area contributed by atoms with Crippen LogP contribution in [0.2, 0.25) is 0 Å². The van der Waals surface area contributed by atoms with Crippen molar-refractivity contribution in [2.45, 2.75) is 86.0 Å². The van der Waals surface area contributed by atoms with E-state index in [9.17, 15) is 5.11 Å². The number of aromatic nitrogens is 3. The van der Waals surface area contributed by atoms with Gasteiger partial charge in [-0.05, 0) is 99.8 Å². The molecule has 1 N–H and O–H groups in total. The first kappa shape index (κ1) is 41.2. The number of aromatic hydroxyl groups is 1. The van der Waals surface area contributed by atoms with Crippen molar-refractivity contribution < 1.29 is 27.5 Å². The molecule has 0 fully saturated rings. The van der Waals surface area contributed by atoms with Crippen LogP contribution in [0.5, 0.6) is 5.75 Å². The fourth-order valence-corrected chi connectivity index (χ4v) is 7.96. The van der Waals surface area contributed by atoms with Gasteiger partial charge >= 0.3 is 0 Å². The van der Waals surface area contributed by atoms with Gasteiger partial charge in [0.2, 0.25) is 0 Å². The van der Waals surface area contributed by atoms with Crippen LogP contribution in [0, 0.1) is 19.9 Å². The van der Waals surface area contributed by atoms with Crippen LogP contribution >= 0.6 is 0 Å². The Hall–Kier alpha value is -5.57. The molecule has 0 radical (unpaired) electrons. The number of pyridine rings is 1. The van der Waals surface area contributed by atoms with E-state index in [0.717, 1.165) is 83.6 Å². The number of rotatable bonds is 7. The average molecular weight is 969 g/mol. The van der Waals surface area contributed by atoms with Crippen LogP contribution < -0.4 is 0 Å². The number of fused-ring (bicyclic) bond motifs is 1. The zero-order chi connectivity index (χ0) is 42.7. The summed E-state index contributed by atoms with van der Waals surface area (Å²) >= 11 is 0. The fraction of sp³-hybridized carbons (Fsp3) is 0.236. The van der Waals surface area contributed by atoms with E-state index in [0.29, 0.717) is 11.4 Å². The molecule has 4 nitrogen and oxygen atoms in total. The van der Waals surface area contributed by atoms with E-state index in [1.807, 2.05) is 57.3 Å². The molecule has 60 heavy (non-hydrogen) atoms. The van der Waals surface area contributed by atoms with Crippen molar-refractivity contribution in [3.8, 4) is 67.5 Å². The van der Waals surface area contributed by atoms with Gasteiger partial charge in [0, 0.05) is 39.9 Å². The van der Waals surface area contributed by atoms with Crippen LogP contribution in [0.1, 0.15) is 90.5 Å². The predicted molar refractivity (Wildman–Crippen MR) is 248 cm³/mol. The van der Waals surface area contributed by atoms with Crippen molar-refractivity contribution in [1.29, 1.82) is 0 Å². The van der Waals surface area contributed by atoms with Gasteiger partial charge in [-0.2, -0.15) is 0 Å². The molecule has 6 aromatic carbocycles. The SMILES string of the molecule is [2H]C(C)(C)c1ccc(-c2ccnc(-c3[c-]c(-c4cccc5c4nc(-c4cc(C)cc(C)c4O)n5-c4ccc(C(C)(C)C)cc4-c4ccccc4)cc(C(C)(C)C)c3)c2)cc1.[Pt]. The molecule has 0 aliphatic heterocycles. The Labute approximate surface area is 372 Å². The molecule has 0 aliphatic carbocycles. The molecular formula is C55H54N3OPt-. The fourth-order valence-electron chi connectivity index (χ4n) is 7.96. The maximum Gasteiger partial charge on any atom is 0.148 e. The summed E-state index contributed by atoms with van der Waals surface area (Å²) < 4.78 is 10.7. The molecule has 306 valence electrons. The van der Waals surface area contributed by atoms with Crippen LogP contribution in [0.3, 0.4) is 0 Å². The minimum atomic E-state index is -0.666. The summed E-state index contributed by atoms with van der Waals surface area (Å²) in [6, 6.07) is 48.4. The average Bonchev–Trinajstić information content (AvgIpc) is 3.60. The van der Waals surface area contributed by atoms with Crippen LogP contribution in [0.25, 0.3) is 72.7 Å². The van der Waals surface area contributed by atoms with E-state index in [-0.39, 0.29) is 37.6 Å². The first-order chi connectivity index (χ1) is 28.4. The summed E-state index contributed by atoms with van der Waals surface area (Å²) in [5, 5.41) is 11.8. The monoisotopic (exact) mass is 968 g/mol. The first-order valence-electron chi connectivity index (χ1n) is 21.0.